The van der Waals surface area contributed by atoms with Crippen molar-refractivity contribution in [2.24, 2.45) is 0 Å². The van der Waals surface area contributed by atoms with E-state index in [1.807, 2.05) is 6.92 Å². The van der Waals surface area contributed by atoms with E-state index < -0.39 is 0 Å². The molecule has 0 N–H and O–H groups in total. The maximum Gasteiger partial charge on any atom is 0.0943 e. The molecule has 0 spiro atoms. The summed E-state index contributed by atoms with van der Waals surface area (Å²) in [7, 11) is 7.78. The van der Waals surface area contributed by atoms with Gasteiger partial charge in [0.1, 0.15) is 0 Å². The lowest BCUT2D eigenvalue weighted by molar-refractivity contribution is 1.37. The minimum absolute atomic E-state index is 0.113. The van der Waals surface area contributed by atoms with Crippen molar-refractivity contribution in [1.82, 2.24) is 0 Å². The molecule has 0 heterocycles. The number of halogens is 1. The van der Waals surface area contributed by atoms with Crippen molar-refractivity contribution in [1.29, 1.82) is 0 Å². The standard InChI is InChI=1S/C2H5BIP/c1-2(3,4)5/h5H2,1H3/t2-/m0/s1. The van der Waals surface area contributed by atoms with Gasteiger partial charge in [-0.25, -0.2) is 0 Å². The molecule has 0 aromatic carbocycles. The predicted octanol–water partition coefficient (Wildman–Crippen LogP) is 1.14. The van der Waals surface area contributed by atoms with Crippen LogP contribution in [0.5, 0.6) is 0 Å². The third-order valence-corrected chi connectivity index (χ3v) is 0. The van der Waals surface area contributed by atoms with Crippen LogP contribution in [0.1, 0.15) is 6.92 Å². The van der Waals surface area contributed by atoms with Crippen LogP contribution >= 0.6 is 31.8 Å². The van der Waals surface area contributed by atoms with E-state index in [9.17, 15) is 0 Å². The summed E-state index contributed by atoms with van der Waals surface area (Å²) in [5, 5.41) is 0. The minimum atomic E-state index is -0.113. The first-order valence-electron chi connectivity index (χ1n) is 1.27. The molecule has 0 bridgehead atoms. The molecule has 0 aromatic rings. The van der Waals surface area contributed by atoms with Crippen molar-refractivity contribution >= 4 is 39.7 Å². The number of hydrogen-bond acceptors (Lipinski definition) is 0. The second-order valence-corrected chi connectivity index (χ2v) is 5.85. The fraction of sp³-hybridized carbons (Fsp3) is 1.00. The highest BCUT2D eigenvalue weighted by atomic mass is 127. The second-order valence-electron chi connectivity index (χ2n) is 1.15. The van der Waals surface area contributed by atoms with Gasteiger partial charge in [-0.2, -0.15) is 0 Å². The van der Waals surface area contributed by atoms with E-state index in [-0.39, 0.29) is 3.06 Å². The molecule has 28 valence electrons. The third-order valence-electron chi connectivity index (χ3n) is 0. The number of alkyl halides is 1. The summed E-state index contributed by atoms with van der Waals surface area (Å²) in [4.78, 5) is 0. The molecule has 0 saturated carbocycles. The first-order valence-corrected chi connectivity index (χ1v) is 2.92. The molecule has 5 heavy (non-hydrogen) atoms. The van der Waals surface area contributed by atoms with Crippen molar-refractivity contribution in [2.45, 2.75) is 9.99 Å². The Hall–Kier alpha value is 1.22. The normalized spacial score (nSPS) is 21.4. The summed E-state index contributed by atoms with van der Waals surface area (Å²) < 4.78 is -0.113. The van der Waals surface area contributed by atoms with Gasteiger partial charge in [0.25, 0.3) is 0 Å². The first-order chi connectivity index (χ1) is 2.00. The molecule has 1 unspecified atom stereocenters. The van der Waals surface area contributed by atoms with E-state index in [0.29, 0.717) is 0 Å². The van der Waals surface area contributed by atoms with Gasteiger partial charge < -0.3 is 0 Å². The van der Waals surface area contributed by atoms with Crippen molar-refractivity contribution in [3.63, 3.8) is 0 Å². The topological polar surface area (TPSA) is 0 Å². The van der Waals surface area contributed by atoms with Gasteiger partial charge in [0.15, 0.2) is 0 Å². The number of hydrogen-bond donors (Lipinski definition) is 0. The zero-order valence-corrected chi connectivity index (χ0v) is 6.34. The summed E-state index contributed by atoms with van der Waals surface area (Å²) in [5.74, 6) is 0. The average molecular weight is 198 g/mol. The molecule has 0 fully saturated rings. The number of rotatable bonds is 0. The van der Waals surface area contributed by atoms with Crippen molar-refractivity contribution in [2.75, 3.05) is 0 Å². The van der Waals surface area contributed by atoms with Gasteiger partial charge in [-0.1, -0.05) is 29.5 Å². The van der Waals surface area contributed by atoms with E-state index >= 15 is 0 Å². The van der Waals surface area contributed by atoms with Crippen LogP contribution in [0, 0.1) is 0 Å². The van der Waals surface area contributed by atoms with Gasteiger partial charge in [-0.15, -0.1) is 9.24 Å². The molecule has 2 atom stereocenters. The Kier molecular flexibility index (Phi) is 2.22. The van der Waals surface area contributed by atoms with Gasteiger partial charge in [-0.3, -0.25) is 0 Å². The summed E-state index contributed by atoms with van der Waals surface area (Å²) in [6, 6.07) is 0. The predicted molar refractivity (Wildman–Crippen MR) is 37.9 cm³/mol. The van der Waals surface area contributed by atoms with E-state index in [2.05, 4.69) is 31.8 Å². The van der Waals surface area contributed by atoms with Gasteiger partial charge in [0.2, 0.25) is 0 Å². The summed E-state index contributed by atoms with van der Waals surface area (Å²) in [6.07, 6.45) is 0. The van der Waals surface area contributed by atoms with E-state index in [1.54, 1.807) is 0 Å². The van der Waals surface area contributed by atoms with E-state index in [1.165, 1.54) is 0 Å². The van der Waals surface area contributed by atoms with Crippen LogP contribution in [0.2, 0.25) is 0 Å². The molecule has 3 heteroatoms. The monoisotopic (exact) mass is 198 g/mol. The van der Waals surface area contributed by atoms with Crippen LogP contribution in [0.25, 0.3) is 0 Å². The Balaban J connectivity index is 3.02. The fourth-order valence-corrected chi connectivity index (χ4v) is 0. The minimum Gasteiger partial charge on any atom is -0.131 e. The third kappa shape index (κ3) is 36.2. The zero-order chi connectivity index (χ0) is 4.50. The summed E-state index contributed by atoms with van der Waals surface area (Å²) in [6.45, 7) is 1.91. The quantitative estimate of drug-likeness (QED) is 0.237. The first kappa shape index (κ1) is 6.22. The van der Waals surface area contributed by atoms with Crippen LogP contribution < -0.4 is 0 Å². The summed E-state index contributed by atoms with van der Waals surface area (Å²) in [5.41, 5.74) is 0. The maximum absolute atomic E-state index is 5.30. The Morgan fingerprint density at radius 1 is 2.00 bits per heavy atom. The second kappa shape index (κ2) is 1.79. The van der Waals surface area contributed by atoms with Gasteiger partial charge >= 0.3 is 0 Å². The lowest BCUT2D eigenvalue weighted by Gasteiger charge is -2.02. The average Bonchev–Trinajstić information content (AvgIpc) is 0.722. The molecule has 0 aromatic heterocycles. The van der Waals surface area contributed by atoms with Gasteiger partial charge in [0, 0.05) is 0 Å². The van der Waals surface area contributed by atoms with Crippen LogP contribution in [0.4, 0.5) is 0 Å². The molecule has 0 amide bonds. The molecular formula is C2H5BIP. The molecule has 0 aliphatic heterocycles. The fourth-order valence-electron chi connectivity index (χ4n) is 0. The smallest absolute Gasteiger partial charge is 0.0943 e. The molecule has 2 radical (unpaired) electrons. The lowest BCUT2D eigenvalue weighted by atomic mass is 10.1. The Morgan fingerprint density at radius 3 is 2.00 bits per heavy atom. The Morgan fingerprint density at radius 2 is 2.00 bits per heavy atom. The SMILES string of the molecule is [B][C@](C)(P)I. The van der Waals surface area contributed by atoms with Crippen LogP contribution in [-0.4, -0.2) is 10.9 Å². The van der Waals surface area contributed by atoms with Crippen molar-refractivity contribution < 1.29 is 0 Å². The van der Waals surface area contributed by atoms with E-state index in [4.69, 9.17) is 7.85 Å². The highest BCUT2D eigenvalue weighted by Crippen LogP contribution is 2.19. The molecule has 0 nitrogen and oxygen atoms in total. The Bertz CT molecular complexity index is 25.1. The van der Waals surface area contributed by atoms with E-state index in [0.717, 1.165) is 0 Å². The molecular weight excluding hydrogens is 193 g/mol. The van der Waals surface area contributed by atoms with Crippen LogP contribution in [-0.2, 0) is 0 Å². The molecule has 0 saturated heterocycles. The molecule has 0 aliphatic rings. The highest BCUT2D eigenvalue weighted by molar-refractivity contribution is 14.1. The van der Waals surface area contributed by atoms with Gasteiger partial charge in [-0.05, 0) is 3.06 Å². The summed E-state index contributed by atoms with van der Waals surface area (Å²) >= 11 is 2.12. The molecule has 0 rings (SSSR count). The van der Waals surface area contributed by atoms with Crippen LogP contribution in [0.3, 0.4) is 0 Å². The van der Waals surface area contributed by atoms with Crippen molar-refractivity contribution in [3.05, 3.63) is 0 Å². The molecule has 0 aliphatic carbocycles. The highest BCUT2D eigenvalue weighted by Gasteiger charge is 1.98. The van der Waals surface area contributed by atoms with Crippen LogP contribution in [0.15, 0.2) is 0 Å². The van der Waals surface area contributed by atoms with Crippen molar-refractivity contribution in [3.8, 4) is 0 Å². The largest absolute Gasteiger partial charge is 0.131 e. The lowest BCUT2D eigenvalue weighted by Crippen LogP contribution is -1.99. The zero-order valence-electron chi connectivity index (χ0n) is 3.03. The van der Waals surface area contributed by atoms with Gasteiger partial charge in [0.05, 0.1) is 7.85 Å². The maximum atomic E-state index is 5.30. The Labute approximate surface area is 49.8 Å².